The van der Waals surface area contributed by atoms with Gasteiger partial charge in [0.15, 0.2) is 5.82 Å². The molecule has 1 fully saturated rings. The number of likely N-dealkylation sites (tertiary alicyclic amines) is 1. The molecule has 1 aliphatic rings. The van der Waals surface area contributed by atoms with Crippen molar-refractivity contribution >= 4 is 27.5 Å². The first-order valence-electron chi connectivity index (χ1n) is 7.96. The Hall–Kier alpha value is -1.73. The van der Waals surface area contributed by atoms with Gasteiger partial charge in [0, 0.05) is 0 Å². The third-order valence-corrected chi connectivity index (χ3v) is 5.86. The lowest BCUT2D eigenvalue weighted by molar-refractivity contribution is -0.942. The van der Waals surface area contributed by atoms with Gasteiger partial charge in [-0.1, -0.05) is 0 Å². The second-order valence-electron chi connectivity index (χ2n) is 6.22. The largest absolute Gasteiger partial charge is 0.465 e. The number of aryl methyl sites for hydroxylation is 1. The molecule has 0 bridgehead atoms. The standard InChI is InChI=1S/C16H21N3O3S/c1-9-6-4-5-7-19(9)8-11-17-14(20)12-10(2)13(16(21)22-3)23-15(12)18-11/h9H,4-8H2,1-3H3,(H,17,18,20)/p+1/t9-/m1/s1. The van der Waals surface area contributed by atoms with E-state index < -0.39 is 5.97 Å². The van der Waals surface area contributed by atoms with Gasteiger partial charge < -0.3 is 14.6 Å². The van der Waals surface area contributed by atoms with E-state index in [0.717, 1.165) is 13.1 Å². The normalized spacial score (nSPS) is 21.5. The quantitative estimate of drug-likeness (QED) is 0.821. The lowest BCUT2D eigenvalue weighted by atomic mass is 10.0. The number of rotatable bonds is 3. The molecule has 2 atom stereocenters. The van der Waals surface area contributed by atoms with Gasteiger partial charge in [0.25, 0.3) is 5.56 Å². The summed E-state index contributed by atoms with van der Waals surface area (Å²) in [7, 11) is 1.34. The number of methoxy groups -OCH3 is 1. The fraction of sp³-hybridized carbons (Fsp3) is 0.562. The van der Waals surface area contributed by atoms with Crippen molar-refractivity contribution in [2.45, 2.75) is 45.7 Å². The maximum atomic E-state index is 12.4. The number of esters is 1. The average Bonchev–Trinajstić information content (AvgIpc) is 2.86. The Labute approximate surface area is 138 Å². The van der Waals surface area contributed by atoms with Crippen LogP contribution < -0.4 is 10.5 Å². The van der Waals surface area contributed by atoms with E-state index in [2.05, 4.69) is 16.9 Å². The Balaban J connectivity index is 1.97. The molecule has 2 aromatic rings. The van der Waals surface area contributed by atoms with Gasteiger partial charge in [-0.05, 0) is 38.7 Å². The maximum absolute atomic E-state index is 12.4. The van der Waals surface area contributed by atoms with E-state index in [1.165, 1.54) is 42.6 Å². The zero-order valence-electron chi connectivity index (χ0n) is 13.7. The third-order valence-electron chi connectivity index (χ3n) is 4.70. The zero-order valence-corrected chi connectivity index (χ0v) is 14.5. The molecule has 23 heavy (non-hydrogen) atoms. The van der Waals surface area contributed by atoms with Crippen LogP contribution in [0.1, 0.15) is 47.2 Å². The summed E-state index contributed by atoms with van der Waals surface area (Å²) in [6.07, 6.45) is 3.71. The monoisotopic (exact) mass is 336 g/mol. The number of thiophene rings is 1. The molecule has 2 N–H and O–H groups in total. The van der Waals surface area contributed by atoms with Crippen LogP contribution in [0.5, 0.6) is 0 Å². The van der Waals surface area contributed by atoms with Crippen molar-refractivity contribution in [3.8, 4) is 0 Å². The number of fused-ring (bicyclic) bond motifs is 1. The Morgan fingerprint density at radius 1 is 1.48 bits per heavy atom. The van der Waals surface area contributed by atoms with Gasteiger partial charge in [0.1, 0.15) is 16.3 Å². The van der Waals surface area contributed by atoms with Gasteiger partial charge in [-0.2, -0.15) is 0 Å². The molecule has 3 rings (SSSR count). The minimum absolute atomic E-state index is 0.169. The van der Waals surface area contributed by atoms with Crippen molar-refractivity contribution in [2.24, 2.45) is 0 Å². The second kappa shape index (κ2) is 6.41. The fourth-order valence-electron chi connectivity index (χ4n) is 3.29. The number of nitrogens with zero attached hydrogens (tertiary/aromatic N) is 1. The molecular weight excluding hydrogens is 314 g/mol. The highest BCUT2D eigenvalue weighted by Crippen LogP contribution is 2.27. The summed E-state index contributed by atoms with van der Waals surface area (Å²) in [5.41, 5.74) is 0.480. The smallest absolute Gasteiger partial charge is 0.348 e. The number of nitrogens with one attached hydrogen (secondary N) is 2. The Kier molecular flexibility index (Phi) is 4.50. The number of piperidine rings is 1. The molecule has 124 valence electrons. The highest BCUT2D eigenvalue weighted by molar-refractivity contribution is 7.20. The van der Waals surface area contributed by atoms with Gasteiger partial charge in [-0.3, -0.25) is 4.79 Å². The first-order chi connectivity index (χ1) is 11.0. The molecule has 2 aromatic heterocycles. The number of aromatic nitrogens is 2. The molecule has 7 heteroatoms. The summed E-state index contributed by atoms with van der Waals surface area (Å²) in [5.74, 6) is 0.283. The SMILES string of the molecule is COC(=O)c1sc2nc(C[NH+]3CCCC[C@H]3C)[nH]c(=O)c2c1C. The van der Waals surface area contributed by atoms with Crippen LogP contribution in [0.3, 0.4) is 0 Å². The Morgan fingerprint density at radius 2 is 2.26 bits per heavy atom. The molecule has 1 unspecified atom stereocenters. The van der Waals surface area contributed by atoms with Crippen LogP contribution in [0, 0.1) is 6.92 Å². The summed E-state index contributed by atoms with van der Waals surface area (Å²) in [6.45, 7) is 5.84. The van der Waals surface area contributed by atoms with Crippen LogP contribution in [0.15, 0.2) is 4.79 Å². The molecule has 0 spiro atoms. The number of aromatic amines is 1. The van der Waals surface area contributed by atoms with Crippen LogP contribution >= 0.6 is 11.3 Å². The van der Waals surface area contributed by atoms with Crippen molar-refractivity contribution in [2.75, 3.05) is 13.7 Å². The van der Waals surface area contributed by atoms with Crippen molar-refractivity contribution < 1.29 is 14.4 Å². The first-order valence-corrected chi connectivity index (χ1v) is 8.78. The number of carbonyl (C=O) groups excluding carboxylic acids is 1. The van der Waals surface area contributed by atoms with Crippen molar-refractivity contribution in [3.05, 3.63) is 26.6 Å². The number of quaternary nitrogens is 1. The summed E-state index contributed by atoms with van der Waals surface area (Å²) in [5, 5.41) is 0.501. The number of hydrogen-bond donors (Lipinski definition) is 2. The van der Waals surface area contributed by atoms with Gasteiger partial charge in [0.2, 0.25) is 0 Å². The molecule has 1 aliphatic heterocycles. The molecule has 6 nitrogen and oxygen atoms in total. The molecule has 0 amide bonds. The second-order valence-corrected chi connectivity index (χ2v) is 7.22. The number of H-pyrrole nitrogens is 1. The van der Waals surface area contributed by atoms with Crippen LogP contribution in [0.25, 0.3) is 10.2 Å². The fourth-order valence-corrected chi connectivity index (χ4v) is 4.41. The summed E-state index contributed by atoms with van der Waals surface area (Å²) < 4.78 is 4.78. The van der Waals surface area contributed by atoms with Gasteiger partial charge in [0.05, 0.1) is 25.1 Å². The van der Waals surface area contributed by atoms with E-state index in [0.29, 0.717) is 32.5 Å². The third kappa shape index (κ3) is 3.03. The molecule has 3 heterocycles. The first kappa shape index (κ1) is 16.1. The Bertz CT molecular complexity index is 796. The molecule has 0 aromatic carbocycles. The lowest BCUT2D eigenvalue weighted by Crippen LogP contribution is -3.15. The molecule has 0 aliphatic carbocycles. The van der Waals surface area contributed by atoms with Crippen molar-refractivity contribution in [1.29, 1.82) is 0 Å². The number of hydrogen-bond acceptors (Lipinski definition) is 5. The highest BCUT2D eigenvalue weighted by Gasteiger charge is 2.24. The van der Waals surface area contributed by atoms with Crippen LogP contribution in [0.2, 0.25) is 0 Å². The molecular formula is C16H22N3O3S+. The van der Waals surface area contributed by atoms with Gasteiger partial charge >= 0.3 is 5.97 Å². The van der Waals surface area contributed by atoms with E-state index >= 15 is 0 Å². The number of ether oxygens (including phenoxy) is 1. The maximum Gasteiger partial charge on any atom is 0.348 e. The van der Waals surface area contributed by atoms with E-state index in [1.54, 1.807) is 6.92 Å². The van der Waals surface area contributed by atoms with Gasteiger partial charge in [-0.15, -0.1) is 11.3 Å². The zero-order chi connectivity index (χ0) is 16.6. The molecule has 1 saturated heterocycles. The topological polar surface area (TPSA) is 76.5 Å². The predicted molar refractivity (Wildman–Crippen MR) is 89.2 cm³/mol. The van der Waals surface area contributed by atoms with E-state index in [9.17, 15) is 9.59 Å². The van der Waals surface area contributed by atoms with E-state index in [4.69, 9.17) is 4.74 Å². The predicted octanol–water partition coefficient (Wildman–Crippen LogP) is 1.04. The molecule has 0 radical (unpaired) electrons. The van der Waals surface area contributed by atoms with Crippen LogP contribution in [0.4, 0.5) is 0 Å². The minimum Gasteiger partial charge on any atom is -0.465 e. The Morgan fingerprint density at radius 3 is 2.96 bits per heavy atom. The van der Waals surface area contributed by atoms with Crippen LogP contribution in [-0.2, 0) is 11.3 Å². The van der Waals surface area contributed by atoms with E-state index in [-0.39, 0.29) is 5.56 Å². The number of carbonyl (C=O) groups is 1. The van der Waals surface area contributed by atoms with Crippen molar-refractivity contribution in [1.82, 2.24) is 9.97 Å². The lowest BCUT2D eigenvalue weighted by Gasteiger charge is -2.29. The van der Waals surface area contributed by atoms with E-state index in [1.807, 2.05) is 0 Å². The summed E-state index contributed by atoms with van der Waals surface area (Å²) >= 11 is 1.23. The summed E-state index contributed by atoms with van der Waals surface area (Å²) in [6, 6.07) is 0.584. The molecule has 0 saturated carbocycles. The van der Waals surface area contributed by atoms with Gasteiger partial charge in [-0.25, -0.2) is 9.78 Å². The highest BCUT2D eigenvalue weighted by atomic mass is 32.1. The average molecular weight is 336 g/mol. The minimum atomic E-state index is -0.415. The summed E-state index contributed by atoms with van der Waals surface area (Å²) in [4.78, 5) is 34.2. The van der Waals surface area contributed by atoms with Crippen molar-refractivity contribution in [3.63, 3.8) is 0 Å². The van der Waals surface area contributed by atoms with Crippen LogP contribution in [-0.4, -0.2) is 35.6 Å².